The molecule has 0 amide bonds. The number of aromatic nitrogens is 4. The maximum Gasteiger partial charge on any atom is 0.163 e. The van der Waals surface area contributed by atoms with Gasteiger partial charge in [0, 0.05) is 11.0 Å². The van der Waals surface area contributed by atoms with Crippen LogP contribution in [0.25, 0.3) is 16.9 Å². The average molecular weight is 368 g/mol. The minimum absolute atomic E-state index is 0.359. The maximum absolute atomic E-state index is 6.12. The third-order valence-electron chi connectivity index (χ3n) is 3.61. The molecule has 0 aliphatic heterocycles. The van der Waals surface area contributed by atoms with Crippen LogP contribution in [0.5, 0.6) is 0 Å². The van der Waals surface area contributed by atoms with Crippen LogP contribution in [0.15, 0.2) is 22.7 Å². The number of halogens is 2. The lowest BCUT2D eigenvalue weighted by molar-refractivity contribution is 0.660. The molecule has 2 aromatic heterocycles. The first-order chi connectivity index (χ1) is 10.1. The molecule has 4 nitrogen and oxygen atoms in total. The summed E-state index contributed by atoms with van der Waals surface area (Å²) in [4.78, 5) is 4.67. The van der Waals surface area contributed by atoms with Crippen molar-refractivity contribution in [2.45, 2.75) is 33.2 Å². The zero-order valence-corrected chi connectivity index (χ0v) is 14.5. The molecule has 3 aromatic rings. The molecule has 0 saturated heterocycles. The van der Waals surface area contributed by atoms with E-state index in [1.165, 1.54) is 5.56 Å². The Bertz CT molecular complexity index is 819. The number of aryl methyl sites for hydroxylation is 3. The summed E-state index contributed by atoms with van der Waals surface area (Å²) in [6.45, 7) is 6.93. The second-order valence-electron chi connectivity index (χ2n) is 4.98. The molecule has 110 valence electrons. The molecule has 0 saturated carbocycles. The Labute approximate surface area is 136 Å². The molecular weight excluding hydrogens is 352 g/mol. The second-order valence-corrected chi connectivity index (χ2v) is 6.04. The smallest absolute Gasteiger partial charge is 0.163 e. The summed E-state index contributed by atoms with van der Waals surface area (Å²) >= 11 is 9.80. The van der Waals surface area contributed by atoms with Crippen LogP contribution >= 0.6 is 27.5 Å². The van der Waals surface area contributed by atoms with Gasteiger partial charge in [0.2, 0.25) is 0 Å². The van der Waals surface area contributed by atoms with E-state index in [1.807, 2.05) is 17.7 Å². The van der Waals surface area contributed by atoms with Crippen molar-refractivity contribution in [2.24, 2.45) is 0 Å². The lowest BCUT2D eigenvalue weighted by Crippen LogP contribution is -2.07. The molecule has 2 heterocycles. The molecular formula is C15H16BrClN4. The van der Waals surface area contributed by atoms with Crippen molar-refractivity contribution in [3.05, 3.63) is 39.8 Å². The summed E-state index contributed by atoms with van der Waals surface area (Å²) in [6, 6.07) is 6.18. The molecule has 1 aromatic carbocycles. The van der Waals surface area contributed by atoms with Gasteiger partial charge < -0.3 is 0 Å². The largest absolute Gasteiger partial charge is 0.279 e. The summed E-state index contributed by atoms with van der Waals surface area (Å²) in [6.07, 6.45) is 0. The number of benzene rings is 1. The first-order valence-electron chi connectivity index (χ1n) is 6.84. The van der Waals surface area contributed by atoms with Gasteiger partial charge >= 0.3 is 0 Å². The number of nitrogens with zero attached hydrogens (tertiary/aromatic N) is 4. The van der Waals surface area contributed by atoms with E-state index in [0.29, 0.717) is 5.88 Å². The third-order valence-corrected chi connectivity index (χ3v) is 4.88. The van der Waals surface area contributed by atoms with Crippen LogP contribution in [0.2, 0.25) is 0 Å². The van der Waals surface area contributed by atoms with E-state index in [2.05, 4.69) is 56.6 Å². The molecule has 0 atom stereocenters. The topological polar surface area (TPSA) is 35.6 Å². The lowest BCUT2D eigenvalue weighted by Gasteiger charge is -2.12. The van der Waals surface area contributed by atoms with Crippen molar-refractivity contribution in [2.75, 3.05) is 0 Å². The maximum atomic E-state index is 6.12. The normalized spacial score (nSPS) is 11.5. The Kier molecular flexibility index (Phi) is 3.80. The molecule has 21 heavy (non-hydrogen) atoms. The number of imidazole rings is 1. The van der Waals surface area contributed by atoms with Gasteiger partial charge in [-0.15, -0.1) is 11.6 Å². The molecule has 0 fully saturated rings. The molecule has 0 radical (unpaired) electrons. The summed E-state index contributed by atoms with van der Waals surface area (Å²) in [5, 5.41) is 4.56. The van der Waals surface area contributed by atoms with Crippen molar-refractivity contribution in [3.63, 3.8) is 0 Å². The molecule has 0 aliphatic carbocycles. The van der Waals surface area contributed by atoms with Gasteiger partial charge in [-0.05, 0) is 48.3 Å². The third kappa shape index (κ3) is 2.19. The number of hydrogen-bond donors (Lipinski definition) is 0. The van der Waals surface area contributed by atoms with Crippen molar-refractivity contribution < 1.29 is 0 Å². The van der Waals surface area contributed by atoms with Gasteiger partial charge in [-0.1, -0.05) is 12.1 Å². The Morgan fingerprint density at radius 3 is 2.71 bits per heavy atom. The molecule has 0 unspecified atom stereocenters. The van der Waals surface area contributed by atoms with E-state index in [1.54, 1.807) is 0 Å². The predicted octanol–water partition coefficient (Wildman–Crippen LogP) is 4.36. The summed E-state index contributed by atoms with van der Waals surface area (Å²) in [5.41, 5.74) is 5.07. The average Bonchev–Trinajstić information content (AvgIpc) is 3.00. The van der Waals surface area contributed by atoms with Gasteiger partial charge in [0.25, 0.3) is 0 Å². The van der Waals surface area contributed by atoms with Gasteiger partial charge in [-0.3, -0.25) is 4.57 Å². The number of hydrogen-bond acceptors (Lipinski definition) is 2. The van der Waals surface area contributed by atoms with Crippen molar-refractivity contribution >= 4 is 38.7 Å². The number of rotatable bonds is 3. The highest BCUT2D eigenvalue weighted by molar-refractivity contribution is 9.10. The molecule has 0 N–H and O–H groups in total. The Hall–Kier alpha value is -1.33. The molecule has 0 spiro atoms. The minimum atomic E-state index is 0.359. The van der Waals surface area contributed by atoms with Gasteiger partial charge in [0.15, 0.2) is 5.65 Å². The summed E-state index contributed by atoms with van der Waals surface area (Å²) < 4.78 is 5.13. The van der Waals surface area contributed by atoms with Gasteiger partial charge in [-0.2, -0.15) is 5.10 Å². The predicted molar refractivity (Wildman–Crippen MR) is 89.3 cm³/mol. The van der Waals surface area contributed by atoms with E-state index < -0.39 is 0 Å². The van der Waals surface area contributed by atoms with Gasteiger partial charge in [0.1, 0.15) is 11.3 Å². The Morgan fingerprint density at radius 2 is 2.05 bits per heavy atom. The highest BCUT2D eigenvalue weighted by Gasteiger charge is 2.20. The SMILES string of the molecule is CCn1nc(C)c2nc(CCl)n(-c3cccc(C)c3Br)c21. The van der Waals surface area contributed by atoms with Crippen LogP contribution in [0.1, 0.15) is 24.0 Å². The van der Waals surface area contributed by atoms with E-state index in [-0.39, 0.29) is 0 Å². The van der Waals surface area contributed by atoms with Crippen molar-refractivity contribution in [3.8, 4) is 5.69 Å². The van der Waals surface area contributed by atoms with Crippen LogP contribution in [0, 0.1) is 13.8 Å². The molecule has 6 heteroatoms. The van der Waals surface area contributed by atoms with E-state index in [9.17, 15) is 0 Å². The fourth-order valence-corrected chi connectivity index (χ4v) is 3.20. The highest BCUT2D eigenvalue weighted by atomic mass is 79.9. The van der Waals surface area contributed by atoms with Gasteiger partial charge in [-0.25, -0.2) is 9.67 Å². The zero-order chi connectivity index (χ0) is 15.1. The first kappa shape index (κ1) is 14.6. The first-order valence-corrected chi connectivity index (χ1v) is 8.17. The van der Waals surface area contributed by atoms with Crippen molar-refractivity contribution in [1.82, 2.24) is 19.3 Å². The van der Waals surface area contributed by atoms with E-state index in [4.69, 9.17) is 11.6 Å². The monoisotopic (exact) mass is 366 g/mol. The van der Waals surface area contributed by atoms with Crippen LogP contribution in [-0.4, -0.2) is 19.3 Å². The quantitative estimate of drug-likeness (QED) is 0.645. The fourth-order valence-electron chi connectivity index (χ4n) is 2.58. The van der Waals surface area contributed by atoms with Crippen LogP contribution in [0.4, 0.5) is 0 Å². The highest BCUT2D eigenvalue weighted by Crippen LogP contribution is 2.31. The molecule has 3 rings (SSSR count). The second kappa shape index (κ2) is 5.46. The molecule has 0 bridgehead atoms. The summed E-state index contributed by atoms with van der Waals surface area (Å²) in [5.74, 6) is 1.19. The standard InChI is InChI=1S/C15H16BrClN4/c1-4-20-15-14(10(3)19-20)18-12(8-17)21(15)11-7-5-6-9(2)13(11)16/h5-7H,4,8H2,1-3H3. The Morgan fingerprint density at radius 1 is 1.29 bits per heavy atom. The van der Waals surface area contributed by atoms with Gasteiger partial charge in [0.05, 0.1) is 17.3 Å². The van der Waals surface area contributed by atoms with Crippen LogP contribution in [-0.2, 0) is 12.4 Å². The number of alkyl halides is 1. The van der Waals surface area contributed by atoms with Crippen LogP contribution < -0.4 is 0 Å². The Balaban J connectivity index is 2.42. The van der Waals surface area contributed by atoms with Crippen LogP contribution in [0.3, 0.4) is 0 Å². The molecule has 0 aliphatic rings. The minimum Gasteiger partial charge on any atom is -0.279 e. The van der Waals surface area contributed by atoms with E-state index >= 15 is 0 Å². The van der Waals surface area contributed by atoms with E-state index in [0.717, 1.165) is 39.4 Å². The fraction of sp³-hybridized carbons (Fsp3) is 0.333. The zero-order valence-electron chi connectivity index (χ0n) is 12.2. The lowest BCUT2D eigenvalue weighted by atomic mass is 10.2. The van der Waals surface area contributed by atoms with Crippen molar-refractivity contribution in [1.29, 1.82) is 0 Å². The summed E-state index contributed by atoms with van der Waals surface area (Å²) in [7, 11) is 0. The number of fused-ring (bicyclic) bond motifs is 1.